The summed E-state index contributed by atoms with van der Waals surface area (Å²) >= 11 is 3.47. The smallest absolute Gasteiger partial charge is 0.0950 e. The highest BCUT2D eigenvalue weighted by Crippen LogP contribution is 2.22. The number of hydrogen-bond donors (Lipinski definition) is 1. The van der Waals surface area contributed by atoms with E-state index in [2.05, 4.69) is 55.1 Å². The standard InChI is InChI=1S/C15H18BrN3/c16-13-5-3-12(4-6-13)15-10-17-11-19(15)9-7-14-2-1-8-18-14/h3-6,10-11,14,18H,1-2,7-9H2. The van der Waals surface area contributed by atoms with Gasteiger partial charge in [0.05, 0.1) is 18.2 Å². The third kappa shape index (κ3) is 3.07. The zero-order valence-corrected chi connectivity index (χ0v) is 12.4. The molecule has 0 bridgehead atoms. The molecule has 2 aromatic rings. The minimum atomic E-state index is 0.681. The van der Waals surface area contributed by atoms with Crippen LogP contribution in [-0.2, 0) is 6.54 Å². The molecule has 1 atom stereocenters. The van der Waals surface area contributed by atoms with Crippen LogP contribution in [0.3, 0.4) is 0 Å². The van der Waals surface area contributed by atoms with Crippen molar-refractivity contribution in [3.8, 4) is 11.3 Å². The maximum Gasteiger partial charge on any atom is 0.0950 e. The Morgan fingerprint density at radius 2 is 2.16 bits per heavy atom. The second-order valence-corrected chi connectivity index (χ2v) is 5.98. The molecule has 1 saturated heterocycles. The molecule has 4 heteroatoms. The van der Waals surface area contributed by atoms with Gasteiger partial charge >= 0.3 is 0 Å². The molecule has 1 fully saturated rings. The largest absolute Gasteiger partial charge is 0.331 e. The fraction of sp³-hybridized carbons (Fsp3) is 0.400. The van der Waals surface area contributed by atoms with Crippen LogP contribution >= 0.6 is 15.9 Å². The van der Waals surface area contributed by atoms with E-state index in [4.69, 9.17) is 0 Å². The normalized spacial score (nSPS) is 18.9. The number of aromatic nitrogens is 2. The fourth-order valence-corrected chi connectivity index (χ4v) is 2.92. The summed E-state index contributed by atoms with van der Waals surface area (Å²) in [5.74, 6) is 0. The van der Waals surface area contributed by atoms with Crippen molar-refractivity contribution in [2.24, 2.45) is 0 Å². The van der Waals surface area contributed by atoms with Crippen molar-refractivity contribution < 1.29 is 0 Å². The molecule has 1 aliphatic rings. The van der Waals surface area contributed by atoms with Crippen molar-refractivity contribution in [3.05, 3.63) is 41.3 Å². The molecule has 1 aromatic carbocycles. The zero-order valence-electron chi connectivity index (χ0n) is 10.8. The van der Waals surface area contributed by atoms with E-state index < -0.39 is 0 Å². The van der Waals surface area contributed by atoms with E-state index >= 15 is 0 Å². The van der Waals surface area contributed by atoms with E-state index in [1.54, 1.807) is 0 Å². The lowest BCUT2D eigenvalue weighted by atomic mass is 10.1. The van der Waals surface area contributed by atoms with Gasteiger partial charge in [0.2, 0.25) is 0 Å². The Morgan fingerprint density at radius 1 is 1.32 bits per heavy atom. The molecule has 1 aliphatic heterocycles. The highest BCUT2D eigenvalue weighted by Gasteiger charge is 2.14. The molecule has 0 saturated carbocycles. The molecule has 0 radical (unpaired) electrons. The minimum absolute atomic E-state index is 0.681. The number of halogens is 1. The summed E-state index contributed by atoms with van der Waals surface area (Å²) in [6, 6.07) is 9.09. The van der Waals surface area contributed by atoms with Gasteiger partial charge in [0.15, 0.2) is 0 Å². The van der Waals surface area contributed by atoms with Crippen LogP contribution in [0.25, 0.3) is 11.3 Å². The average molecular weight is 320 g/mol. The number of aryl methyl sites for hydroxylation is 1. The number of imidazole rings is 1. The van der Waals surface area contributed by atoms with Crippen molar-refractivity contribution in [3.63, 3.8) is 0 Å². The highest BCUT2D eigenvalue weighted by atomic mass is 79.9. The molecule has 1 N–H and O–H groups in total. The predicted octanol–water partition coefficient (Wildman–Crippen LogP) is 3.45. The molecule has 0 spiro atoms. The Morgan fingerprint density at radius 3 is 2.89 bits per heavy atom. The number of nitrogens with zero attached hydrogens (tertiary/aromatic N) is 2. The van der Waals surface area contributed by atoms with Crippen molar-refractivity contribution in [1.29, 1.82) is 0 Å². The first kappa shape index (κ1) is 12.9. The maximum atomic E-state index is 4.30. The van der Waals surface area contributed by atoms with Gasteiger partial charge in [0.25, 0.3) is 0 Å². The molecule has 1 unspecified atom stereocenters. The first-order valence-corrected chi connectivity index (χ1v) is 7.62. The highest BCUT2D eigenvalue weighted by molar-refractivity contribution is 9.10. The van der Waals surface area contributed by atoms with E-state index in [1.807, 2.05) is 12.5 Å². The first-order chi connectivity index (χ1) is 9.33. The van der Waals surface area contributed by atoms with Gasteiger partial charge in [-0.15, -0.1) is 0 Å². The summed E-state index contributed by atoms with van der Waals surface area (Å²) in [7, 11) is 0. The van der Waals surface area contributed by atoms with Crippen LogP contribution in [0.5, 0.6) is 0 Å². The summed E-state index contributed by atoms with van der Waals surface area (Å²) in [6.45, 7) is 2.21. The molecule has 2 heterocycles. The Kier molecular flexibility index (Phi) is 3.99. The first-order valence-electron chi connectivity index (χ1n) is 6.82. The Bertz CT molecular complexity index is 527. The van der Waals surface area contributed by atoms with E-state index in [1.165, 1.54) is 37.1 Å². The zero-order chi connectivity index (χ0) is 13.1. The number of rotatable bonds is 4. The van der Waals surface area contributed by atoms with Crippen LogP contribution in [0, 0.1) is 0 Å². The minimum Gasteiger partial charge on any atom is -0.331 e. The second-order valence-electron chi connectivity index (χ2n) is 5.06. The van der Waals surface area contributed by atoms with Crippen LogP contribution in [0.2, 0.25) is 0 Å². The lowest BCUT2D eigenvalue weighted by Gasteiger charge is -2.12. The van der Waals surface area contributed by atoms with E-state index in [0.717, 1.165) is 11.0 Å². The van der Waals surface area contributed by atoms with Gasteiger partial charge in [-0.1, -0.05) is 28.1 Å². The van der Waals surface area contributed by atoms with Crippen LogP contribution < -0.4 is 5.32 Å². The molecule has 19 heavy (non-hydrogen) atoms. The monoisotopic (exact) mass is 319 g/mol. The van der Waals surface area contributed by atoms with Crippen LogP contribution in [0.4, 0.5) is 0 Å². The summed E-state index contributed by atoms with van der Waals surface area (Å²) in [5, 5.41) is 3.55. The average Bonchev–Trinajstić information content (AvgIpc) is 3.08. The van der Waals surface area contributed by atoms with Gasteiger partial charge in [-0.25, -0.2) is 4.98 Å². The van der Waals surface area contributed by atoms with Crippen molar-refractivity contribution in [1.82, 2.24) is 14.9 Å². The third-order valence-electron chi connectivity index (χ3n) is 3.73. The number of nitrogens with one attached hydrogen (secondary N) is 1. The molecule has 3 rings (SSSR count). The molecule has 100 valence electrons. The Labute approximate surface area is 122 Å². The van der Waals surface area contributed by atoms with Crippen molar-refractivity contribution >= 4 is 15.9 Å². The molecule has 1 aromatic heterocycles. The van der Waals surface area contributed by atoms with Crippen LogP contribution in [-0.4, -0.2) is 22.1 Å². The summed E-state index contributed by atoms with van der Waals surface area (Å²) in [6.07, 6.45) is 7.69. The fourth-order valence-electron chi connectivity index (χ4n) is 2.66. The van der Waals surface area contributed by atoms with Crippen LogP contribution in [0.15, 0.2) is 41.3 Å². The molecule has 0 amide bonds. The summed E-state index contributed by atoms with van der Waals surface area (Å²) < 4.78 is 3.36. The maximum absolute atomic E-state index is 4.30. The molecular weight excluding hydrogens is 302 g/mol. The Hall–Kier alpha value is -1.13. The van der Waals surface area contributed by atoms with Gasteiger partial charge in [-0.2, -0.15) is 0 Å². The lowest BCUT2D eigenvalue weighted by molar-refractivity contribution is 0.507. The van der Waals surface area contributed by atoms with Crippen LogP contribution in [0.1, 0.15) is 19.3 Å². The summed E-state index contributed by atoms with van der Waals surface area (Å²) in [4.78, 5) is 4.30. The van der Waals surface area contributed by atoms with Gasteiger partial charge in [0.1, 0.15) is 0 Å². The SMILES string of the molecule is Brc1ccc(-c2cncn2CCC2CCCN2)cc1. The van der Waals surface area contributed by atoms with E-state index in [-0.39, 0.29) is 0 Å². The topological polar surface area (TPSA) is 29.9 Å². The third-order valence-corrected chi connectivity index (χ3v) is 4.26. The quantitative estimate of drug-likeness (QED) is 0.935. The predicted molar refractivity (Wildman–Crippen MR) is 81.0 cm³/mol. The Balaban J connectivity index is 1.72. The van der Waals surface area contributed by atoms with E-state index in [0.29, 0.717) is 6.04 Å². The van der Waals surface area contributed by atoms with E-state index in [9.17, 15) is 0 Å². The molecular formula is C15H18BrN3. The van der Waals surface area contributed by atoms with Gasteiger partial charge < -0.3 is 9.88 Å². The molecule has 0 aliphatic carbocycles. The van der Waals surface area contributed by atoms with Gasteiger partial charge in [-0.3, -0.25) is 0 Å². The van der Waals surface area contributed by atoms with Gasteiger partial charge in [-0.05, 0) is 43.5 Å². The summed E-state index contributed by atoms with van der Waals surface area (Å²) in [5.41, 5.74) is 2.42. The van der Waals surface area contributed by atoms with Gasteiger partial charge in [0, 0.05) is 17.1 Å². The number of benzene rings is 1. The lowest BCUT2D eigenvalue weighted by Crippen LogP contribution is -2.22. The second kappa shape index (κ2) is 5.88. The van der Waals surface area contributed by atoms with Crippen molar-refractivity contribution in [2.75, 3.05) is 6.54 Å². The molecule has 3 nitrogen and oxygen atoms in total. The number of hydrogen-bond acceptors (Lipinski definition) is 2. The van der Waals surface area contributed by atoms with Crippen molar-refractivity contribution in [2.45, 2.75) is 31.8 Å².